The number of aryl methyl sites for hydroxylation is 1. The van der Waals surface area contributed by atoms with E-state index in [9.17, 15) is 4.79 Å². The molecule has 26 heavy (non-hydrogen) atoms. The molecule has 0 radical (unpaired) electrons. The first-order valence-corrected chi connectivity index (χ1v) is 9.45. The predicted octanol–water partition coefficient (Wildman–Crippen LogP) is 3.18. The largest absolute Gasteiger partial charge is 0.346 e. The lowest BCUT2D eigenvalue weighted by Crippen LogP contribution is -2.51. The minimum absolute atomic E-state index is 0.0946. The molecule has 1 amide bonds. The van der Waals surface area contributed by atoms with E-state index >= 15 is 0 Å². The molecule has 3 rings (SSSR count). The maximum Gasteiger partial charge on any atom is 0.261 e. The van der Waals surface area contributed by atoms with Crippen LogP contribution in [-0.2, 0) is 12.5 Å². The van der Waals surface area contributed by atoms with Gasteiger partial charge in [-0.25, -0.2) is 0 Å². The summed E-state index contributed by atoms with van der Waals surface area (Å²) in [5.41, 5.74) is 8.86. The van der Waals surface area contributed by atoms with Crippen LogP contribution in [0.4, 0.5) is 0 Å². The molecule has 0 saturated heterocycles. The van der Waals surface area contributed by atoms with Gasteiger partial charge in [0.05, 0.1) is 16.6 Å². The predicted molar refractivity (Wildman–Crippen MR) is 106 cm³/mol. The Balaban J connectivity index is 1.78. The van der Waals surface area contributed by atoms with E-state index in [2.05, 4.69) is 36.4 Å². The number of aromatic nitrogens is 2. The van der Waals surface area contributed by atoms with Crippen LogP contribution in [0.15, 0.2) is 54.0 Å². The van der Waals surface area contributed by atoms with Crippen molar-refractivity contribution < 1.29 is 4.79 Å². The van der Waals surface area contributed by atoms with E-state index in [-0.39, 0.29) is 17.4 Å². The maximum atomic E-state index is 12.8. The van der Waals surface area contributed by atoms with E-state index in [1.807, 2.05) is 42.8 Å². The normalized spacial score (nSPS) is 12.8. The van der Waals surface area contributed by atoms with E-state index in [1.54, 1.807) is 10.9 Å². The van der Waals surface area contributed by atoms with E-state index in [0.717, 1.165) is 16.8 Å². The summed E-state index contributed by atoms with van der Waals surface area (Å²) in [7, 11) is 1.89. The zero-order valence-corrected chi connectivity index (χ0v) is 16.1. The first kappa shape index (κ1) is 18.4. The number of benzene rings is 1. The zero-order valence-electron chi connectivity index (χ0n) is 15.3. The fourth-order valence-corrected chi connectivity index (χ4v) is 3.88. The van der Waals surface area contributed by atoms with Crippen LogP contribution in [0.5, 0.6) is 0 Å². The summed E-state index contributed by atoms with van der Waals surface area (Å²) >= 11 is 1.43. The van der Waals surface area contributed by atoms with Crippen LogP contribution in [-0.4, -0.2) is 28.3 Å². The maximum absolute atomic E-state index is 12.8. The van der Waals surface area contributed by atoms with Crippen LogP contribution in [0, 0.1) is 0 Å². The topological polar surface area (TPSA) is 72.9 Å². The first-order valence-electron chi connectivity index (χ1n) is 8.57. The summed E-state index contributed by atoms with van der Waals surface area (Å²) < 4.78 is 1.80. The van der Waals surface area contributed by atoms with Crippen molar-refractivity contribution in [3.05, 3.63) is 64.5 Å². The van der Waals surface area contributed by atoms with Crippen molar-refractivity contribution in [1.82, 2.24) is 15.1 Å². The summed E-state index contributed by atoms with van der Waals surface area (Å²) in [6, 6.07) is 13.8. The van der Waals surface area contributed by atoms with Gasteiger partial charge in [0, 0.05) is 36.1 Å². The Morgan fingerprint density at radius 3 is 2.65 bits per heavy atom. The molecule has 0 fully saturated rings. The van der Waals surface area contributed by atoms with Crippen molar-refractivity contribution >= 4 is 17.2 Å². The molecule has 1 unspecified atom stereocenters. The van der Waals surface area contributed by atoms with Gasteiger partial charge < -0.3 is 11.1 Å². The molecule has 6 heteroatoms. The van der Waals surface area contributed by atoms with E-state index in [0.29, 0.717) is 11.4 Å². The van der Waals surface area contributed by atoms with Crippen LogP contribution in [0.25, 0.3) is 11.3 Å². The molecule has 0 bridgehead atoms. The van der Waals surface area contributed by atoms with Crippen LogP contribution in [0.3, 0.4) is 0 Å². The summed E-state index contributed by atoms with van der Waals surface area (Å²) in [6.45, 7) is 4.58. The average Bonchev–Trinajstić information content (AvgIpc) is 3.28. The highest BCUT2D eigenvalue weighted by atomic mass is 32.1. The second kappa shape index (κ2) is 7.43. The van der Waals surface area contributed by atoms with Gasteiger partial charge in [0.15, 0.2) is 0 Å². The number of thiophene rings is 1. The zero-order chi connectivity index (χ0) is 18.7. The minimum Gasteiger partial charge on any atom is -0.346 e. The van der Waals surface area contributed by atoms with Crippen LogP contribution < -0.4 is 11.1 Å². The first-order chi connectivity index (χ1) is 12.4. The van der Waals surface area contributed by atoms with Gasteiger partial charge >= 0.3 is 0 Å². The van der Waals surface area contributed by atoms with E-state index in [4.69, 9.17) is 5.73 Å². The summed E-state index contributed by atoms with van der Waals surface area (Å²) in [5.74, 6) is -0.0946. The minimum atomic E-state index is -0.270. The fourth-order valence-electron chi connectivity index (χ4n) is 3.08. The van der Waals surface area contributed by atoms with Gasteiger partial charge in [-0.05, 0) is 17.7 Å². The second-order valence-electron chi connectivity index (χ2n) is 6.89. The third kappa shape index (κ3) is 3.57. The second-order valence-corrected chi connectivity index (χ2v) is 7.80. The fraction of sp³-hybridized carbons (Fsp3) is 0.300. The van der Waals surface area contributed by atoms with Crippen molar-refractivity contribution in [3.8, 4) is 11.3 Å². The lowest BCUT2D eigenvalue weighted by atomic mass is 9.77. The lowest BCUT2D eigenvalue weighted by molar-refractivity contribution is 0.0924. The van der Waals surface area contributed by atoms with Gasteiger partial charge in [0.25, 0.3) is 5.91 Å². The molecule has 5 nitrogen and oxygen atoms in total. The Morgan fingerprint density at radius 2 is 2.04 bits per heavy atom. The van der Waals surface area contributed by atoms with Gasteiger partial charge in [0.2, 0.25) is 0 Å². The van der Waals surface area contributed by atoms with Crippen molar-refractivity contribution in [2.24, 2.45) is 12.8 Å². The summed E-state index contributed by atoms with van der Waals surface area (Å²) in [5, 5.41) is 9.28. The van der Waals surface area contributed by atoms with Gasteiger partial charge in [-0.1, -0.05) is 44.2 Å². The third-order valence-corrected chi connectivity index (χ3v) is 5.80. The van der Waals surface area contributed by atoms with Crippen molar-refractivity contribution in [1.29, 1.82) is 0 Å². The Labute approximate surface area is 157 Å². The number of rotatable bonds is 6. The molecule has 0 aliphatic rings. The summed E-state index contributed by atoms with van der Waals surface area (Å²) in [6.07, 6.45) is 1.75. The number of nitrogens with two attached hydrogens (primary N) is 1. The Bertz CT molecular complexity index is 882. The number of carbonyl (C=O) groups excluding carboxylic acids is 1. The smallest absolute Gasteiger partial charge is 0.261 e. The molecule has 0 aliphatic heterocycles. The number of hydrogen-bond donors (Lipinski definition) is 2. The van der Waals surface area contributed by atoms with Gasteiger partial charge in [0.1, 0.15) is 0 Å². The monoisotopic (exact) mass is 368 g/mol. The number of nitrogens with zero attached hydrogens (tertiary/aromatic N) is 2. The van der Waals surface area contributed by atoms with Crippen molar-refractivity contribution in [3.63, 3.8) is 0 Å². The molecular formula is C20H24N4OS. The molecular weight excluding hydrogens is 344 g/mol. The van der Waals surface area contributed by atoms with Crippen molar-refractivity contribution in [2.45, 2.75) is 25.3 Å². The van der Waals surface area contributed by atoms with Gasteiger partial charge in [-0.15, -0.1) is 11.3 Å². The molecule has 1 atom stereocenters. The highest BCUT2D eigenvalue weighted by molar-refractivity contribution is 7.12. The molecule has 2 heterocycles. The molecule has 0 saturated carbocycles. The number of hydrogen-bond acceptors (Lipinski definition) is 4. The summed E-state index contributed by atoms with van der Waals surface area (Å²) in [4.78, 5) is 13.5. The quantitative estimate of drug-likeness (QED) is 0.702. The number of nitrogens with one attached hydrogen (secondary N) is 1. The van der Waals surface area contributed by atoms with E-state index in [1.165, 1.54) is 11.3 Å². The average molecular weight is 369 g/mol. The SMILES string of the molecule is Cn1nccc1-c1csc(C(=O)NC(CN)C(C)(C)c2ccccc2)c1. The number of amides is 1. The molecule has 2 aromatic heterocycles. The lowest BCUT2D eigenvalue weighted by Gasteiger charge is -2.34. The van der Waals surface area contributed by atoms with Gasteiger partial charge in [-0.2, -0.15) is 5.10 Å². The molecule has 0 spiro atoms. The molecule has 1 aromatic carbocycles. The highest BCUT2D eigenvalue weighted by Gasteiger charge is 2.32. The number of carbonyl (C=O) groups is 1. The van der Waals surface area contributed by atoms with Crippen LogP contribution >= 0.6 is 11.3 Å². The molecule has 136 valence electrons. The van der Waals surface area contributed by atoms with Crippen LogP contribution in [0.1, 0.15) is 29.1 Å². The molecule has 0 aliphatic carbocycles. The Kier molecular flexibility index (Phi) is 5.25. The van der Waals surface area contributed by atoms with Crippen LogP contribution in [0.2, 0.25) is 0 Å². The molecule has 3 N–H and O–H groups in total. The van der Waals surface area contributed by atoms with Gasteiger partial charge in [-0.3, -0.25) is 9.48 Å². The Morgan fingerprint density at radius 1 is 1.31 bits per heavy atom. The standard InChI is InChI=1S/C20H24N4OS/c1-20(2,15-7-5-4-6-8-15)18(12-21)23-19(25)17-11-14(13-26-17)16-9-10-22-24(16)3/h4-11,13,18H,12,21H2,1-3H3,(H,23,25). The third-order valence-electron chi connectivity index (χ3n) is 4.87. The highest BCUT2D eigenvalue weighted by Crippen LogP contribution is 2.28. The Hall–Kier alpha value is -2.44. The molecule has 3 aromatic rings. The van der Waals surface area contributed by atoms with E-state index < -0.39 is 0 Å². The van der Waals surface area contributed by atoms with Crippen molar-refractivity contribution in [2.75, 3.05) is 6.54 Å².